The third-order valence-corrected chi connectivity index (χ3v) is 5.03. The Morgan fingerprint density at radius 2 is 1.73 bits per heavy atom. The van der Waals surface area contributed by atoms with Gasteiger partial charge in [0.1, 0.15) is 6.54 Å². The molecule has 30 heavy (non-hydrogen) atoms. The molecule has 0 bridgehead atoms. The van der Waals surface area contributed by atoms with E-state index < -0.39 is 29.6 Å². The molecular weight excluding hydrogens is 404 g/mol. The van der Waals surface area contributed by atoms with Gasteiger partial charge in [-0.05, 0) is 41.1 Å². The summed E-state index contributed by atoms with van der Waals surface area (Å²) < 4.78 is 0. The SMILES string of the molecule is O=C(O)Cc1ccc(NC(=O)CN2C(=O)S/C(=C\C=C\c3ccccc3)C2=O)cc1. The minimum atomic E-state index is -0.946. The third-order valence-electron chi connectivity index (χ3n) is 4.10. The van der Waals surface area contributed by atoms with E-state index in [4.69, 9.17) is 5.11 Å². The number of nitrogens with one attached hydrogen (secondary N) is 1. The Kier molecular flexibility index (Phi) is 6.82. The number of amides is 3. The van der Waals surface area contributed by atoms with E-state index in [1.807, 2.05) is 36.4 Å². The highest BCUT2D eigenvalue weighted by atomic mass is 32.2. The minimum Gasteiger partial charge on any atom is -0.481 e. The van der Waals surface area contributed by atoms with Crippen LogP contribution in [0.25, 0.3) is 6.08 Å². The van der Waals surface area contributed by atoms with Crippen LogP contribution in [0.4, 0.5) is 10.5 Å². The number of hydrogen-bond donors (Lipinski definition) is 2. The van der Waals surface area contributed by atoms with Gasteiger partial charge in [0.05, 0.1) is 11.3 Å². The molecule has 0 aromatic heterocycles. The monoisotopic (exact) mass is 422 g/mol. The van der Waals surface area contributed by atoms with Gasteiger partial charge in [-0.15, -0.1) is 0 Å². The van der Waals surface area contributed by atoms with Gasteiger partial charge in [-0.3, -0.25) is 24.1 Å². The van der Waals surface area contributed by atoms with Crippen molar-refractivity contribution in [3.8, 4) is 0 Å². The number of benzene rings is 2. The highest BCUT2D eigenvalue weighted by Gasteiger charge is 2.35. The Morgan fingerprint density at radius 1 is 1.03 bits per heavy atom. The standard InChI is InChI=1S/C22H18N2O5S/c25-19(23-17-11-9-16(10-12-17)13-20(26)27)14-24-21(28)18(30-22(24)29)8-4-7-15-5-2-1-3-6-15/h1-12H,13-14H2,(H,23,25)(H,26,27)/b7-4+,18-8-. The lowest BCUT2D eigenvalue weighted by molar-refractivity contribution is -0.136. The van der Waals surface area contributed by atoms with Crippen LogP contribution in [0.2, 0.25) is 0 Å². The summed E-state index contributed by atoms with van der Waals surface area (Å²) in [5.74, 6) is -1.99. The zero-order valence-corrected chi connectivity index (χ0v) is 16.6. The van der Waals surface area contributed by atoms with E-state index in [0.717, 1.165) is 22.2 Å². The molecule has 2 aromatic carbocycles. The Morgan fingerprint density at radius 3 is 2.40 bits per heavy atom. The quantitative estimate of drug-likeness (QED) is 0.662. The predicted molar refractivity (Wildman–Crippen MR) is 115 cm³/mol. The predicted octanol–water partition coefficient (Wildman–Crippen LogP) is 3.54. The maximum atomic E-state index is 12.4. The summed E-state index contributed by atoms with van der Waals surface area (Å²) in [6.07, 6.45) is 4.94. The van der Waals surface area contributed by atoms with Crippen LogP contribution < -0.4 is 5.32 Å². The fourth-order valence-electron chi connectivity index (χ4n) is 2.69. The van der Waals surface area contributed by atoms with Crippen molar-refractivity contribution in [3.05, 3.63) is 82.8 Å². The fraction of sp³-hybridized carbons (Fsp3) is 0.0909. The number of allylic oxidation sites excluding steroid dienone is 2. The molecule has 0 atom stereocenters. The number of carboxylic acid groups (broad SMARTS) is 1. The number of thioether (sulfide) groups is 1. The number of imide groups is 1. The number of nitrogens with zero attached hydrogens (tertiary/aromatic N) is 1. The lowest BCUT2D eigenvalue weighted by Gasteiger charge is -2.12. The largest absolute Gasteiger partial charge is 0.481 e. The topological polar surface area (TPSA) is 104 Å². The van der Waals surface area contributed by atoms with Crippen molar-refractivity contribution in [1.82, 2.24) is 4.90 Å². The molecule has 3 amide bonds. The van der Waals surface area contributed by atoms with E-state index in [1.165, 1.54) is 0 Å². The van der Waals surface area contributed by atoms with Gasteiger partial charge < -0.3 is 10.4 Å². The average Bonchev–Trinajstić information content (AvgIpc) is 2.97. The first-order valence-corrected chi connectivity index (χ1v) is 9.82. The van der Waals surface area contributed by atoms with Crippen molar-refractivity contribution in [2.45, 2.75) is 6.42 Å². The molecule has 1 fully saturated rings. The maximum absolute atomic E-state index is 12.4. The molecule has 0 radical (unpaired) electrons. The van der Waals surface area contributed by atoms with Crippen molar-refractivity contribution in [3.63, 3.8) is 0 Å². The van der Waals surface area contributed by atoms with E-state index in [9.17, 15) is 19.2 Å². The van der Waals surface area contributed by atoms with Crippen LogP contribution in [0.1, 0.15) is 11.1 Å². The Balaban J connectivity index is 1.58. The molecule has 3 rings (SSSR count). The van der Waals surface area contributed by atoms with Crippen molar-refractivity contribution < 1.29 is 24.3 Å². The van der Waals surface area contributed by atoms with Gasteiger partial charge in [0.2, 0.25) is 5.91 Å². The summed E-state index contributed by atoms with van der Waals surface area (Å²) in [4.78, 5) is 48.6. The first kappa shape index (κ1) is 21.1. The van der Waals surface area contributed by atoms with Crippen LogP contribution in [0, 0.1) is 0 Å². The van der Waals surface area contributed by atoms with Crippen molar-refractivity contribution >= 4 is 46.5 Å². The van der Waals surface area contributed by atoms with E-state index in [2.05, 4.69) is 5.32 Å². The van der Waals surface area contributed by atoms with Crippen molar-refractivity contribution in [1.29, 1.82) is 0 Å². The van der Waals surface area contributed by atoms with E-state index in [1.54, 1.807) is 36.4 Å². The molecule has 1 aliphatic heterocycles. The Hall–Kier alpha value is -3.65. The molecule has 2 aromatic rings. The van der Waals surface area contributed by atoms with Crippen LogP contribution in [0.5, 0.6) is 0 Å². The van der Waals surface area contributed by atoms with Crippen LogP contribution in [-0.2, 0) is 20.8 Å². The van der Waals surface area contributed by atoms with Gasteiger partial charge in [-0.25, -0.2) is 0 Å². The van der Waals surface area contributed by atoms with Gasteiger partial charge >= 0.3 is 5.97 Å². The number of rotatable bonds is 7. The van der Waals surface area contributed by atoms with E-state index in [-0.39, 0.29) is 11.3 Å². The molecule has 0 aliphatic carbocycles. The first-order valence-electron chi connectivity index (χ1n) is 9.00. The van der Waals surface area contributed by atoms with Crippen LogP contribution in [0.3, 0.4) is 0 Å². The summed E-state index contributed by atoms with van der Waals surface area (Å²) in [7, 11) is 0. The minimum absolute atomic E-state index is 0.115. The molecule has 152 valence electrons. The number of anilines is 1. The summed E-state index contributed by atoms with van der Waals surface area (Å²) >= 11 is 0.785. The molecule has 7 nitrogen and oxygen atoms in total. The first-order chi connectivity index (χ1) is 14.4. The summed E-state index contributed by atoms with van der Waals surface area (Å²) in [5.41, 5.74) is 2.00. The molecule has 0 spiro atoms. The van der Waals surface area contributed by atoms with Crippen LogP contribution >= 0.6 is 11.8 Å². The van der Waals surface area contributed by atoms with Crippen LogP contribution in [-0.4, -0.2) is 39.6 Å². The van der Waals surface area contributed by atoms with E-state index in [0.29, 0.717) is 11.3 Å². The molecule has 0 saturated carbocycles. The van der Waals surface area contributed by atoms with Crippen LogP contribution in [0.15, 0.2) is 71.7 Å². The van der Waals surface area contributed by atoms with Gasteiger partial charge in [-0.2, -0.15) is 0 Å². The number of aliphatic carboxylic acids is 1. The summed E-state index contributed by atoms with van der Waals surface area (Å²) in [5, 5.41) is 10.9. The number of carboxylic acids is 1. The maximum Gasteiger partial charge on any atom is 0.307 e. The Labute approximate surface area is 177 Å². The van der Waals surface area contributed by atoms with E-state index >= 15 is 0 Å². The number of carbonyl (C=O) groups is 4. The fourth-order valence-corrected chi connectivity index (χ4v) is 3.48. The van der Waals surface area contributed by atoms with Crippen molar-refractivity contribution in [2.75, 3.05) is 11.9 Å². The zero-order chi connectivity index (χ0) is 21.5. The van der Waals surface area contributed by atoms with Gasteiger partial charge in [0.15, 0.2) is 0 Å². The zero-order valence-electron chi connectivity index (χ0n) is 15.8. The lowest BCUT2D eigenvalue weighted by atomic mass is 10.1. The second-order valence-corrected chi connectivity index (χ2v) is 7.37. The average molecular weight is 422 g/mol. The lowest BCUT2D eigenvalue weighted by Crippen LogP contribution is -2.36. The third kappa shape index (κ3) is 5.68. The second-order valence-electron chi connectivity index (χ2n) is 6.38. The van der Waals surface area contributed by atoms with Gasteiger partial charge in [-0.1, -0.05) is 54.6 Å². The highest BCUT2D eigenvalue weighted by Crippen LogP contribution is 2.30. The molecule has 1 aliphatic rings. The number of carbonyl (C=O) groups excluding carboxylic acids is 3. The molecule has 0 unspecified atom stereocenters. The molecule has 2 N–H and O–H groups in total. The number of hydrogen-bond acceptors (Lipinski definition) is 5. The smallest absolute Gasteiger partial charge is 0.307 e. The summed E-state index contributed by atoms with van der Waals surface area (Å²) in [6.45, 7) is -0.402. The highest BCUT2D eigenvalue weighted by molar-refractivity contribution is 8.18. The van der Waals surface area contributed by atoms with Gasteiger partial charge in [0.25, 0.3) is 11.1 Å². The normalized spacial score (nSPS) is 15.2. The Bertz CT molecular complexity index is 1030. The van der Waals surface area contributed by atoms with Gasteiger partial charge in [0, 0.05) is 5.69 Å². The van der Waals surface area contributed by atoms with Crippen molar-refractivity contribution in [2.24, 2.45) is 0 Å². The molecule has 8 heteroatoms. The second kappa shape index (κ2) is 9.71. The molecular formula is C22H18N2O5S. The molecule has 1 heterocycles. The molecule has 1 saturated heterocycles. The summed E-state index contributed by atoms with van der Waals surface area (Å²) in [6, 6.07) is 15.8.